The fourth-order valence-electron chi connectivity index (χ4n) is 3.35. The highest BCUT2D eigenvalue weighted by Gasteiger charge is 2.45. The van der Waals surface area contributed by atoms with Crippen molar-refractivity contribution in [3.8, 4) is 0 Å². The van der Waals surface area contributed by atoms with E-state index in [1.54, 1.807) is 11.3 Å². The van der Waals surface area contributed by atoms with Gasteiger partial charge in [0.15, 0.2) is 5.96 Å². The molecule has 110 valence electrons. The molecule has 2 aliphatic rings. The second-order valence-corrected chi connectivity index (χ2v) is 6.83. The van der Waals surface area contributed by atoms with Gasteiger partial charge in [0.2, 0.25) is 0 Å². The molecule has 0 aromatic carbocycles. The van der Waals surface area contributed by atoms with Gasteiger partial charge in [-0.1, -0.05) is 19.4 Å². The van der Waals surface area contributed by atoms with Gasteiger partial charge in [-0.05, 0) is 30.7 Å². The maximum atomic E-state index is 6.16. The van der Waals surface area contributed by atoms with Crippen molar-refractivity contribution in [3.05, 3.63) is 22.4 Å². The van der Waals surface area contributed by atoms with Crippen molar-refractivity contribution in [2.45, 2.75) is 50.8 Å². The summed E-state index contributed by atoms with van der Waals surface area (Å²) >= 11 is 1.79. The smallest absolute Gasteiger partial charge is 0.192 e. The highest BCUT2D eigenvalue weighted by Crippen LogP contribution is 2.37. The van der Waals surface area contributed by atoms with E-state index in [-0.39, 0.29) is 5.54 Å². The molecule has 0 saturated carbocycles. The zero-order valence-electron chi connectivity index (χ0n) is 12.0. The van der Waals surface area contributed by atoms with Crippen LogP contribution in [0.3, 0.4) is 0 Å². The van der Waals surface area contributed by atoms with Crippen molar-refractivity contribution in [1.29, 1.82) is 0 Å². The molecular weight excluding hydrogens is 270 g/mol. The van der Waals surface area contributed by atoms with Crippen molar-refractivity contribution < 1.29 is 4.74 Å². The summed E-state index contributed by atoms with van der Waals surface area (Å²) in [5, 5.41) is 2.12. The lowest BCUT2D eigenvalue weighted by Gasteiger charge is -2.44. The summed E-state index contributed by atoms with van der Waals surface area (Å²) in [6.07, 6.45) is 4.75. The standard InChI is InChI=1S/C15H23N3OS/c1-2-4-12-9-15(6-7-19-12)11-17-14(16)18(15)10-13-5-3-8-20-13/h3,5,8,12H,2,4,6-7,9-11H2,1H3,(H2,16,17). The number of ether oxygens (including phenoxy) is 1. The average molecular weight is 293 g/mol. The zero-order valence-corrected chi connectivity index (χ0v) is 12.9. The highest BCUT2D eigenvalue weighted by molar-refractivity contribution is 7.09. The summed E-state index contributed by atoms with van der Waals surface area (Å²) in [6.45, 7) is 4.75. The first-order valence-electron chi connectivity index (χ1n) is 7.45. The molecule has 0 amide bonds. The number of hydrogen-bond donors (Lipinski definition) is 1. The summed E-state index contributed by atoms with van der Waals surface area (Å²) < 4.78 is 5.91. The van der Waals surface area contributed by atoms with Crippen LogP contribution in [0.1, 0.15) is 37.5 Å². The molecule has 1 saturated heterocycles. The van der Waals surface area contributed by atoms with Crippen molar-refractivity contribution in [1.82, 2.24) is 4.90 Å². The van der Waals surface area contributed by atoms with Crippen molar-refractivity contribution in [2.75, 3.05) is 13.2 Å². The molecule has 0 bridgehead atoms. The quantitative estimate of drug-likeness (QED) is 0.928. The number of rotatable bonds is 4. The molecular formula is C15H23N3OS. The third-order valence-corrected chi connectivity index (χ3v) is 5.28. The van der Waals surface area contributed by atoms with Crippen molar-refractivity contribution >= 4 is 17.3 Å². The second-order valence-electron chi connectivity index (χ2n) is 5.80. The van der Waals surface area contributed by atoms with Crippen LogP contribution in [-0.4, -0.2) is 35.7 Å². The summed E-state index contributed by atoms with van der Waals surface area (Å²) in [5.74, 6) is 0.704. The Balaban J connectivity index is 1.77. The van der Waals surface area contributed by atoms with Gasteiger partial charge in [-0.25, -0.2) is 0 Å². The summed E-state index contributed by atoms with van der Waals surface area (Å²) in [7, 11) is 0. The molecule has 1 aromatic heterocycles. The van der Waals surface area contributed by atoms with Crippen LogP contribution < -0.4 is 5.73 Å². The number of thiophene rings is 1. The fourth-order valence-corrected chi connectivity index (χ4v) is 4.04. The van der Waals surface area contributed by atoms with E-state index >= 15 is 0 Å². The molecule has 1 fully saturated rings. The molecule has 1 aromatic rings. The molecule has 5 heteroatoms. The van der Waals surface area contributed by atoms with E-state index < -0.39 is 0 Å². The van der Waals surface area contributed by atoms with Gasteiger partial charge in [0.05, 0.1) is 24.7 Å². The first kappa shape index (κ1) is 13.9. The Morgan fingerprint density at radius 1 is 1.60 bits per heavy atom. The maximum Gasteiger partial charge on any atom is 0.192 e. The van der Waals surface area contributed by atoms with E-state index in [1.807, 2.05) is 0 Å². The summed E-state index contributed by atoms with van der Waals surface area (Å²) in [5.41, 5.74) is 6.25. The number of nitrogens with zero attached hydrogens (tertiary/aromatic N) is 2. The molecule has 1 spiro atoms. The lowest BCUT2D eigenvalue weighted by atomic mass is 9.84. The van der Waals surface area contributed by atoms with E-state index in [1.165, 1.54) is 11.3 Å². The minimum Gasteiger partial charge on any atom is -0.378 e. The van der Waals surface area contributed by atoms with Crippen LogP contribution in [0.4, 0.5) is 0 Å². The Hall–Kier alpha value is -1.07. The van der Waals surface area contributed by atoms with Gasteiger partial charge in [-0.15, -0.1) is 11.3 Å². The molecule has 0 aliphatic carbocycles. The van der Waals surface area contributed by atoms with E-state index in [4.69, 9.17) is 10.5 Å². The summed E-state index contributed by atoms with van der Waals surface area (Å²) in [4.78, 5) is 8.21. The van der Waals surface area contributed by atoms with Crippen LogP contribution in [0, 0.1) is 0 Å². The third kappa shape index (κ3) is 2.56. The molecule has 2 unspecified atom stereocenters. The van der Waals surface area contributed by atoms with Crippen LogP contribution in [0.5, 0.6) is 0 Å². The Morgan fingerprint density at radius 2 is 2.50 bits per heavy atom. The maximum absolute atomic E-state index is 6.16. The third-order valence-electron chi connectivity index (χ3n) is 4.42. The monoisotopic (exact) mass is 293 g/mol. The van der Waals surface area contributed by atoms with Crippen LogP contribution in [0.2, 0.25) is 0 Å². The predicted octanol–water partition coefficient (Wildman–Crippen LogP) is 2.60. The average Bonchev–Trinajstić information content (AvgIpc) is 3.04. The Morgan fingerprint density at radius 3 is 3.25 bits per heavy atom. The Kier molecular flexibility index (Phi) is 3.98. The zero-order chi connectivity index (χ0) is 14.0. The van der Waals surface area contributed by atoms with Gasteiger partial charge in [-0.3, -0.25) is 4.99 Å². The summed E-state index contributed by atoms with van der Waals surface area (Å²) in [6, 6.07) is 4.27. The van der Waals surface area contributed by atoms with Gasteiger partial charge >= 0.3 is 0 Å². The van der Waals surface area contributed by atoms with Gasteiger partial charge in [0.25, 0.3) is 0 Å². The van der Waals surface area contributed by atoms with Crippen molar-refractivity contribution in [3.63, 3.8) is 0 Å². The topological polar surface area (TPSA) is 50.9 Å². The normalized spacial score (nSPS) is 29.9. The Labute approximate surface area is 124 Å². The predicted molar refractivity (Wildman–Crippen MR) is 83.0 cm³/mol. The number of hydrogen-bond acceptors (Lipinski definition) is 5. The van der Waals surface area contributed by atoms with Gasteiger partial charge in [-0.2, -0.15) is 0 Å². The van der Waals surface area contributed by atoms with E-state index in [0.29, 0.717) is 12.1 Å². The lowest BCUT2D eigenvalue weighted by molar-refractivity contribution is -0.0522. The van der Waals surface area contributed by atoms with Gasteiger partial charge in [0, 0.05) is 11.5 Å². The number of guanidine groups is 1. The van der Waals surface area contributed by atoms with Gasteiger partial charge in [0.1, 0.15) is 0 Å². The molecule has 2 aliphatic heterocycles. The molecule has 20 heavy (non-hydrogen) atoms. The molecule has 2 N–H and O–H groups in total. The van der Waals surface area contributed by atoms with Crippen molar-refractivity contribution in [2.24, 2.45) is 10.7 Å². The van der Waals surface area contributed by atoms with Gasteiger partial charge < -0.3 is 15.4 Å². The SMILES string of the molecule is CCCC1CC2(CCO1)CN=C(N)N2Cc1cccs1. The first-order valence-corrected chi connectivity index (χ1v) is 8.33. The largest absolute Gasteiger partial charge is 0.378 e. The van der Waals surface area contributed by atoms with Crippen LogP contribution in [0.15, 0.2) is 22.5 Å². The molecule has 3 heterocycles. The lowest BCUT2D eigenvalue weighted by Crippen LogP contribution is -2.55. The first-order chi connectivity index (χ1) is 9.73. The van der Waals surface area contributed by atoms with Crippen LogP contribution in [0.25, 0.3) is 0 Å². The van der Waals surface area contributed by atoms with Crippen LogP contribution in [-0.2, 0) is 11.3 Å². The fraction of sp³-hybridized carbons (Fsp3) is 0.667. The molecule has 0 radical (unpaired) electrons. The number of nitrogens with two attached hydrogens (primary N) is 1. The number of aliphatic imine (C=N–C) groups is 1. The van der Waals surface area contributed by atoms with E-state index in [0.717, 1.165) is 39.0 Å². The molecule has 2 atom stereocenters. The molecule has 4 nitrogen and oxygen atoms in total. The minimum absolute atomic E-state index is 0.0894. The second kappa shape index (κ2) is 5.74. The highest BCUT2D eigenvalue weighted by atomic mass is 32.1. The van der Waals surface area contributed by atoms with E-state index in [9.17, 15) is 0 Å². The van der Waals surface area contributed by atoms with Crippen LogP contribution >= 0.6 is 11.3 Å². The Bertz CT molecular complexity index is 471. The molecule has 3 rings (SSSR count). The minimum atomic E-state index is 0.0894. The van der Waals surface area contributed by atoms with E-state index in [2.05, 4.69) is 34.3 Å².